The summed E-state index contributed by atoms with van der Waals surface area (Å²) < 4.78 is 36.5. The van der Waals surface area contributed by atoms with Crippen molar-refractivity contribution in [2.24, 2.45) is 0 Å². The van der Waals surface area contributed by atoms with Crippen molar-refractivity contribution in [1.82, 2.24) is 10.3 Å². The van der Waals surface area contributed by atoms with Crippen molar-refractivity contribution < 1.29 is 18.0 Å². The number of nitrogens with one attached hydrogen (secondary N) is 2. The highest BCUT2D eigenvalue weighted by Gasteiger charge is 2.38. The summed E-state index contributed by atoms with van der Waals surface area (Å²) in [7, 11) is 0. The van der Waals surface area contributed by atoms with Crippen molar-refractivity contribution in [2.45, 2.75) is 19.3 Å². The van der Waals surface area contributed by atoms with Gasteiger partial charge in [0.1, 0.15) is 0 Å². The van der Waals surface area contributed by atoms with E-state index in [1.807, 2.05) is 10.7 Å². The molecule has 0 atom stereocenters. The Hall–Kier alpha value is -1.93. The molecule has 0 bridgehead atoms. The highest BCUT2D eigenvalue weighted by Crippen LogP contribution is 2.18. The van der Waals surface area contributed by atoms with Gasteiger partial charge in [-0.15, -0.1) is 11.3 Å². The zero-order chi connectivity index (χ0) is 15.3. The van der Waals surface area contributed by atoms with E-state index in [0.717, 1.165) is 11.3 Å². The van der Waals surface area contributed by atoms with Crippen molar-refractivity contribution in [1.29, 1.82) is 0 Å². The van der Waals surface area contributed by atoms with Crippen LogP contribution in [0, 0.1) is 0 Å². The van der Waals surface area contributed by atoms with E-state index in [4.69, 9.17) is 0 Å². The summed E-state index contributed by atoms with van der Waals surface area (Å²) in [4.78, 5) is 15.0. The largest absolute Gasteiger partial charge is 0.471 e. The van der Waals surface area contributed by atoms with Gasteiger partial charge in [-0.25, -0.2) is 4.98 Å². The van der Waals surface area contributed by atoms with Gasteiger partial charge in [-0.2, -0.15) is 13.2 Å². The van der Waals surface area contributed by atoms with Gasteiger partial charge in [0.15, 0.2) is 0 Å². The van der Waals surface area contributed by atoms with E-state index < -0.39 is 12.1 Å². The zero-order valence-corrected chi connectivity index (χ0v) is 11.6. The lowest BCUT2D eigenvalue weighted by atomic mass is 10.2. The van der Waals surface area contributed by atoms with E-state index in [9.17, 15) is 18.0 Å². The Morgan fingerprint density at radius 2 is 2.10 bits per heavy atom. The number of anilines is 1. The fourth-order valence-corrected chi connectivity index (χ4v) is 2.18. The quantitative estimate of drug-likeness (QED) is 0.892. The van der Waals surface area contributed by atoms with E-state index in [1.54, 1.807) is 17.6 Å². The number of carbonyl (C=O) groups excluding carboxylic acids is 1. The molecule has 2 aromatic rings. The predicted octanol–water partition coefficient (Wildman–Crippen LogP) is 2.93. The number of nitrogens with zero attached hydrogens (tertiary/aromatic N) is 1. The van der Waals surface area contributed by atoms with Crippen molar-refractivity contribution in [3.63, 3.8) is 0 Å². The van der Waals surface area contributed by atoms with Gasteiger partial charge in [0, 0.05) is 24.2 Å². The number of rotatable bonds is 5. The maximum Gasteiger partial charge on any atom is 0.471 e. The number of amides is 1. The lowest BCUT2D eigenvalue weighted by molar-refractivity contribution is -0.167. The van der Waals surface area contributed by atoms with Crippen LogP contribution in [0.1, 0.15) is 11.3 Å². The Kier molecular flexibility index (Phi) is 4.92. The van der Waals surface area contributed by atoms with Crippen molar-refractivity contribution in [2.75, 3.05) is 5.32 Å². The third-order valence-electron chi connectivity index (χ3n) is 2.56. The Bertz CT molecular complexity index is 599. The number of thiazole rings is 1. The molecule has 8 heteroatoms. The predicted molar refractivity (Wildman–Crippen MR) is 73.8 cm³/mol. The molecule has 1 aromatic carbocycles. The molecule has 0 aliphatic heterocycles. The number of halogens is 3. The van der Waals surface area contributed by atoms with Crippen LogP contribution in [-0.2, 0) is 17.9 Å². The van der Waals surface area contributed by atoms with Crippen LogP contribution in [0.2, 0.25) is 0 Å². The Labute approximate surface area is 123 Å². The van der Waals surface area contributed by atoms with Crippen LogP contribution in [0.4, 0.5) is 18.9 Å². The van der Waals surface area contributed by atoms with E-state index in [0.29, 0.717) is 13.1 Å². The van der Waals surface area contributed by atoms with Crippen molar-refractivity contribution in [3.05, 3.63) is 46.4 Å². The average Bonchev–Trinajstić information content (AvgIpc) is 2.91. The summed E-state index contributed by atoms with van der Waals surface area (Å²) in [6, 6.07) is 6.26. The minimum absolute atomic E-state index is 0.116. The summed E-state index contributed by atoms with van der Waals surface area (Å²) >= 11 is 1.49. The molecule has 21 heavy (non-hydrogen) atoms. The lowest BCUT2D eigenvalue weighted by Crippen LogP contribution is -2.29. The van der Waals surface area contributed by atoms with Gasteiger partial charge in [0.2, 0.25) is 0 Å². The summed E-state index contributed by atoms with van der Waals surface area (Å²) in [5.41, 5.74) is 3.52. The fraction of sp³-hybridized carbons (Fsp3) is 0.231. The van der Waals surface area contributed by atoms with Crippen LogP contribution >= 0.6 is 11.3 Å². The second kappa shape index (κ2) is 6.68. The standard InChI is InChI=1S/C13H12F3N3OS/c14-13(15,16)12(20)19-10-3-1-2-9(4-10)5-17-6-11-7-21-8-18-11/h1-4,7-8,17H,5-6H2,(H,19,20). The number of hydrogen-bond acceptors (Lipinski definition) is 4. The fourth-order valence-electron chi connectivity index (χ4n) is 1.62. The second-order valence-electron chi connectivity index (χ2n) is 4.24. The molecule has 0 unspecified atom stereocenters. The van der Waals surface area contributed by atoms with Crippen LogP contribution in [0.5, 0.6) is 0 Å². The monoisotopic (exact) mass is 315 g/mol. The van der Waals surface area contributed by atoms with Crippen LogP contribution in [0.25, 0.3) is 0 Å². The molecule has 0 radical (unpaired) electrons. The molecule has 0 saturated heterocycles. The third kappa shape index (κ3) is 4.83. The first-order valence-electron chi connectivity index (χ1n) is 6.00. The number of benzene rings is 1. The van der Waals surface area contributed by atoms with Gasteiger partial charge in [-0.05, 0) is 17.7 Å². The zero-order valence-electron chi connectivity index (χ0n) is 10.8. The molecule has 1 amide bonds. The second-order valence-corrected chi connectivity index (χ2v) is 4.95. The number of aromatic nitrogens is 1. The van der Waals surface area contributed by atoms with Gasteiger partial charge in [-0.3, -0.25) is 4.79 Å². The van der Waals surface area contributed by atoms with Crippen LogP contribution in [0.3, 0.4) is 0 Å². The van der Waals surface area contributed by atoms with Gasteiger partial charge in [-0.1, -0.05) is 12.1 Å². The van der Waals surface area contributed by atoms with Crippen LogP contribution < -0.4 is 10.6 Å². The van der Waals surface area contributed by atoms with Gasteiger partial charge < -0.3 is 10.6 Å². The normalized spacial score (nSPS) is 11.4. The van der Waals surface area contributed by atoms with Gasteiger partial charge in [0.05, 0.1) is 11.2 Å². The molecule has 0 saturated carbocycles. The highest BCUT2D eigenvalue weighted by atomic mass is 32.1. The van der Waals surface area contributed by atoms with E-state index in [-0.39, 0.29) is 5.69 Å². The summed E-state index contributed by atoms with van der Waals surface area (Å²) in [6.45, 7) is 1.04. The molecule has 0 spiro atoms. The van der Waals surface area contributed by atoms with E-state index in [1.165, 1.54) is 23.5 Å². The Morgan fingerprint density at radius 1 is 1.29 bits per heavy atom. The smallest absolute Gasteiger partial charge is 0.318 e. The molecule has 4 nitrogen and oxygen atoms in total. The minimum Gasteiger partial charge on any atom is -0.318 e. The molecule has 0 fully saturated rings. The lowest BCUT2D eigenvalue weighted by Gasteiger charge is -2.09. The summed E-state index contributed by atoms with van der Waals surface area (Å²) in [5, 5.41) is 6.86. The molecule has 0 aliphatic rings. The first-order chi connectivity index (χ1) is 9.95. The van der Waals surface area contributed by atoms with E-state index in [2.05, 4.69) is 10.3 Å². The molecule has 2 N–H and O–H groups in total. The van der Waals surface area contributed by atoms with Gasteiger partial charge in [0.25, 0.3) is 0 Å². The highest BCUT2D eigenvalue weighted by molar-refractivity contribution is 7.07. The molecule has 1 heterocycles. The molecular weight excluding hydrogens is 303 g/mol. The summed E-state index contributed by atoms with van der Waals surface area (Å²) in [5.74, 6) is -1.98. The maximum atomic E-state index is 12.2. The number of alkyl halides is 3. The van der Waals surface area contributed by atoms with E-state index >= 15 is 0 Å². The van der Waals surface area contributed by atoms with Crippen molar-refractivity contribution >= 4 is 22.9 Å². The molecule has 0 aliphatic carbocycles. The maximum absolute atomic E-state index is 12.2. The average molecular weight is 315 g/mol. The first kappa shape index (κ1) is 15.5. The summed E-state index contributed by atoms with van der Waals surface area (Å²) in [6.07, 6.45) is -4.89. The number of hydrogen-bond donors (Lipinski definition) is 2. The van der Waals surface area contributed by atoms with Crippen LogP contribution in [-0.4, -0.2) is 17.1 Å². The molecule has 112 valence electrons. The minimum atomic E-state index is -4.89. The first-order valence-corrected chi connectivity index (χ1v) is 6.94. The van der Waals surface area contributed by atoms with Crippen LogP contribution in [0.15, 0.2) is 35.2 Å². The molecular formula is C13H12F3N3OS. The molecule has 2 rings (SSSR count). The van der Waals surface area contributed by atoms with Crippen molar-refractivity contribution in [3.8, 4) is 0 Å². The Balaban J connectivity index is 1.90. The Morgan fingerprint density at radius 3 is 2.76 bits per heavy atom. The SMILES string of the molecule is O=C(Nc1cccc(CNCc2cscn2)c1)C(F)(F)F. The number of carbonyl (C=O) groups is 1. The van der Waals surface area contributed by atoms with Gasteiger partial charge >= 0.3 is 12.1 Å². The third-order valence-corrected chi connectivity index (χ3v) is 3.20. The molecule has 1 aromatic heterocycles. The topological polar surface area (TPSA) is 54.0 Å².